The lowest BCUT2D eigenvalue weighted by Gasteiger charge is -2.46. The van der Waals surface area contributed by atoms with E-state index in [1.165, 1.54) is 0 Å². The summed E-state index contributed by atoms with van der Waals surface area (Å²) in [6.45, 7) is 3.32. The Morgan fingerprint density at radius 3 is 2.92 bits per heavy atom. The van der Waals surface area contributed by atoms with Gasteiger partial charge >= 0.3 is 6.01 Å². The first-order valence-electron chi connectivity index (χ1n) is 9.34. The van der Waals surface area contributed by atoms with Gasteiger partial charge in [0, 0.05) is 44.2 Å². The van der Waals surface area contributed by atoms with Crippen molar-refractivity contribution in [1.82, 2.24) is 20.4 Å². The van der Waals surface area contributed by atoms with Gasteiger partial charge in [0.25, 0.3) is 0 Å². The molecule has 1 amide bonds. The highest BCUT2D eigenvalue weighted by Gasteiger charge is 2.40. The Morgan fingerprint density at radius 2 is 2.12 bits per heavy atom. The lowest BCUT2D eigenvalue weighted by atomic mass is 9.83. The monoisotopic (exact) mass is 355 g/mol. The molecule has 0 aliphatic carbocycles. The van der Waals surface area contributed by atoms with Crippen LogP contribution in [0.3, 0.4) is 0 Å². The van der Waals surface area contributed by atoms with Gasteiger partial charge in [-0.25, -0.2) is 0 Å². The summed E-state index contributed by atoms with van der Waals surface area (Å²) >= 11 is 0. The van der Waals surface area contributed by atoms with Gasteiger partial charge in [0.2, 0.25) is 11.7 Å². The van der Waals surface area contributed by atoms with Gasteiger partial charge in [-0.1, -0.05) is 35.5 Å². The molecule has 2 aromatic rings. The minimum atomic E-state index is 0.291. The van der Waals surface area contributed by atoms with Crippen LogP contribution in [0, 0.1) is 5.92 Å². The highest BCUT2D eigenvalue weighted by Crippen LogP contribution is 2.33. The highest BCUT2D eigenvalue weighted by molar-refractivity contribution is 5.77. The number of likely N-dealkylation sites (N-methyl/N-ethyl adjacent to an activating group) is 1. The fourth-order valence-corrected chi connectivity index (χ4v) is 4.10. The molecule has 2 atom stereocenters. The van der Waals surface area contributed by atoms with E-state index in [-0.39, 0.29) is 0 Å². The van der Waals surface area contributed by atoms with Crippen LogP contribution in [0.15, 0.2) is 34.9 Å². The average Bonchev–Trinajstić information content (AvgIpc) is 3.18. The van der Waals surface area contributed by atoms with E-state index in [2.05, 4.69) is 25.3 Å². The van der Waals surface area contributed by atoms with Gasteiger partial charge in [-0.15, -0.1) is 0 Å². The molecule has 2 saturated heterocycles. The second-order valence-corrected chi connectivity index (χ2v) is 7.06. The standard InChI is InChI=1S/C19H25N5O2/c1-20-10-12-24-16-9-11-23(13-15(16)7-8-17(24)25)19-21-18(22-26-19)14-5-3-2-4-6-14/h2-6,15-16,20H,7-13H2,1H3/t15-,16+/m0/s1. The van der Waals surface area contributed by atoms with E-state index in [0.717, 1.165) is 44.6 Å². The average molecular weight is 355 g/mol. The number of anilines is 1. The summed E-state index contributed by atoms with van der Waals surface area (Å²) in [5.41, 5.74) is 0.957. The van der Waals surface area contributed by atoms with Crippen molar-refractivity contribution in [2.24, 2.45) is 5.92 Å². The Morgan fingerprint density at radius 1 is 1.27 bits per heavy atom. The molecule has 7 heteroatoms. The van der Waals surface area contributed by atoms with Crippen LogP contribution in [-0.4, -0.2) is 60.2 Å². The molecule has 2 aliphatic rings. The smallest absolute Gasteiger partial charge is 0.324 e. The van der Waals surface area contributed by atoms with Crippen molar-refractivity contribution in [3.8, 4) is 11.4 Å². The predicted octanol–water partition coefficient (Wildman–Crippen LogP) is 1.77. The molecule has 3 heterocycles. The zero-order valence-electron chi connectivity index (χ0n) is 15.1. The van der Waals surface area contributed by atoms with Crippen molar-refractivity contribution in [2.75, 3.05) is 38.1 Å². The number of piperidine rings is 2. The third-order valence-corrected chi connectivity index (χ3v) is 5.46. The first-order valence-corrected chi connectivity index (χ1v) is 9.34. The molecule has 1 aromatic carbocycles. The largest absolute Gasteiger partial charge is 0.338 e. The number of benzene rings is 1. The number of likely N-dealkylation sites (tertiary alicyclic amines) is 1. The van der Waals surface area contributed by atoms with E-state index in [1.54, 1.807) is 0 Å². The minimum Gasteiger partial charge on any atom is -0.338 e. The fourth-order valence-electron chi connectivity index (χ4n) is 4.10. The summed E-state index contributed by atoms with van der Waals surface area (Å²) in [6, 6.07) is 10.8. The van der Waals surface area contributed by atoms with Crippen LogP contribution in [0.2, 0.25) is 0 Å². The highest BCUT2D eigenvalue weighted by atomic mass is 16.5. The van der Waals surface area contributed by atoms with Gasteiger partial charge in [-0.2, -0.15) is 4.98 Å². The summed E-state index contributed by atoms with van der Waals surface area (Å²) in [7, 11) is 1.93. The molecule has 1 N–H and O–H groups in total. The second kappa shape index (κ2) is 7.45. The van der Waals surface area contributed by atoms with Gasteiger partial charge in [-0.3, -0.25) is 4.79 Å². The predicted molar refractivity (Wildman–Crippen MR) is 98.7 cm³/mol. The molecule has 2 aliphatic heterocycles. The number of nitrogens with zero attached hydrogens (tertiary/aromatic N) is 4. The molecule has 0 saturated carbocycles. The van der Waals surface area contributed by atoms with Crippen LogP contribution in [0.25, 0.3) is 11.4 Å². The summed E-state index contributed by atoms with van der Waals surface area (Å²) in [6.07, 6.45) is 2.52. The number of amides is 1. The topological polar surface area (TPSA) is 74.5 Å². The van der Waals surface area contributed by atoms with E-state index >= 15 is 0 Å². The summed E-state index contributed by atoms with van der Waals surface area (Å²) in [4.78, 5) is 21.1. The Balaban J connectivity index is 1.45. The van der Waals surface area contributed by atoms with Crippen molar-refractivity contribution in [3.63, 3.8) is 0 Å². The normalized spacial score (nSPS) is 23.2. The number of fused-ring (bicyclic) bond motifs is 1. The summed E-state index contributed by atoms with van der Waals surface area (Å²) in [5, 5.41) is 7.28. The number of hydrogen-bond donors (Lipinski definition) is 1. The molecular formula is C19H25N5O2. The van der Waals surface area contributed by atoms with E-state index in [4.69, 9.17) is 4.52 Å². The van der Waals surface area contributed by atoms with Crippen LogP contribution in [-0.2, 0) is 4.79 Å². The second-order valence-electron chi connectivity index (χ2n) is 7.06. The van der Waals surface area contributed by atoms with E-state index in [1.807, 2.05) is 37.4 Å². The van der Waals surface area contributed by atoms with Gasteiger partial charge in [0.1, 0.15) is 0 Å². The van der Waals surface area contributed by atoms with E-state index in [9.17, 15) is 4.79 Å². The number of aromatic nitrogens is 2. The van der Waals surface area contributed by atoms with Gasteiger partial charge in [0.15, 0.2) is 0 Å². The SMILES string of the molecule is CNCCN1C(=O)CC[C@H]2CN(c3nc(-c4ccccc4)no3)CC[C@H]21. The third kappa shape index (κ3) is 3.31. The molecule has 4 rings (SSSR count). The molecular weight excluding hydrogens is 330 g/mol. The van der Waals surface area contributed by atoms with Crippen molar-refractivity contribution in [3.05, 3.63) is 30.3 Å². The lowest BCUT2D eigenvalue weighted by molar-refractivity contribution is -0.139. The van der Waals surface area contributed by atoms with Crippen LogP contribution in [0.5, 0.6) is 0 Å². The van der Waals surface area contributed by atoms with Crippen LogP contribution in [0.4, 0.5) is 6.01 Å². The quantitative estimate of drug-likeness (QED) is 0.881. The van der Waals surface area contributed by atoms with E-state index in [0.29, 0.717) is 36.1 Å². The Labute approximate surface area is 153 Å². The van der Waals surface area contributed by atoms with Gasteiger partial charge in [-0.05, 0) is 25.8 Å². The van der Waals surface area contributed by atoms with Gasteiger partial charge in [0.05, 0.1) is 0 Å². The molecule has 138 valence electrons. The van der Waals surface area contributed by atoms with Crippen LogP contribution >= 0.6 is 0 Å². The maximum atomic E-state index is 12.3. The molecule has 2 fully saturated rings. The molecule has 0 spiro atoms. The number of rotatable bonds is 5. The Bertz CT molecular complexity index is 747. The number of carbonyl (C=O) groups is 1. The molecule has 7 nitrogen and oxygen atoms in total. The third-order valence-electron chi connectivity index (χ3n) is 5.46. The number of hydrogen-bond acceptors (Lipinski definition) is 6. The van der Waals surface area contributed by atoms with Crippen LogP contribution in [0.1, 0.15) is 19.3 Å². The molecule has 0 radical (unpaired) electrons. The summed E-state index contributed by atoms with van der Waals surface area (Å²) in [5.74, 6) is 1.38. The Hall–Kier alpha value is -2.41. The lowest BCUT2D eigenvalue weighted by Crippen LogP contribution is -2.57. The first-order chi connectivity index (χ1) is 12.8. The maximum absolute atomic E-state index is 12.3. The summed E-state index contributed by atoms with van der Waals surface area (Å²) < 4.78 is 5.53. The number of nitrogens with one attached hydrogen (secondary N) is 1. The maximum Gasteiger partial charge on any atom is 0.324 e. The minimum absolute atomic E-state index is 0.291. The molecule has 1 aromatic heterocycles. The molecule has 26 heavy (non-hydrogen) atoms. The number of carbonyl (C=O) groups excluding carboxylic acids is 1. The van der Waals surface area contributed by atoms with Crippen LogP contribution < -0.4 is 10.2 Å². The van der Waals surface area contributed by atoms with Crippen molar-refractivity contribution < 1.29 is 9.32 Å². The van der Waals surface area contributed by atoms with Crippen molar-refractivity contribution in [2.45, 2.75) is 25.3 Å². The molecule has 0 bridgehead atoms. The zero-order chi connectivity index (χ0) is 17.9. The Kier molecular flexibility index (Phi) is 4.88. The van der Waals surface area contributed by atoms with Gasteiger partial charge < -0.3 is 19.6 Å². The first kappa shape index (κ1) is 17.0. The van der Waals surface area contributed by atoms with Crippen molar-refractivity contribution in [1.29, 1.82) is 0 Å². The molecule has 0 unspecified atom stereocenters. The zero-order valence-corrected chi connectivity index (χ0v) is 15.1. The van der Waals surface area contributed by atoms with E-state index < -0.39 is 0 Å². The van der Waals surface area contributed by atoms with Crippen molar-refractivity contribution >= 4 is 11.9 Å². The fraction of sp³-hybridized carbons (Fsp3) is 0.526.